The summed E-state index contributed by atoms with van der Waals surface area (Å²) in [6.45, 7) is 0.217. The molecule has 40 heavy (non-hydrogen) atoms. The van der Waals surface area contributed by atoms with Crippen molar-refractivity contribution in [1.29, 1.82) is 0 Å². The lowest BCUT2D eigenvalue weighted by Gasteiger charge is -2.30. The molecule has 0 bridgehead atoms. The van der Waals surface area contributed by atoms with E-state index in [1.807, 2.05) is 6.92 Å². The van der Waals surface area contributed by atoms with E-state index in [-0.39, 0.29) is 24.2 Å². The Morgan fingerprint density at radius 3 is 1.40 bits per heavy atom. The van der Waals surface area contributed by atoms with E-state index < -0.39 is 43.1 Å². The summed E-state index contributed by atoms with van der Waals surface area (Å²) in [7, 11) is 5.78. The minimum absolute atomic E-state index is 0.139. The van der Waals surface area contributed by atoms with Crippen molar-refractivity contribution < 1.29 is 52.6 Å². The number of methoxy groups -OCH3 is 4. The molecule has 0 fully saturated rings. The smallest absolute Gasteiger partial charge is 0.338 e. The predicted octanol–water partition coefficient (Wildman–Crippen LogP) is 3.84. The van der Waals surface area contributed by atoms with Crippen LogP contribution in [0.3, 0.4) is 0 Å². The number of aliphatic hydroxyl groups excluding tert-OH is 1. The standard InChI is InChI=1S/C29H38O11/c1-6-7-8-9-26(31)38-17-29(16-30,18-39-27(32)20-10-22(34-2)14-23(11-20)35-3)19-40-28(33)21-12-24(36-4)15-25(13-21)37-5/h10-15,30H,6-9,16-19H2,1-5H3. The molecule has 0 aromatic heterocycles. The second-order valence-electron chi connectivity index (χ2n) is 9.13. The van der Waals surface area contributed by atoms with E-state index in [1.165, 1.54) is 52.7 Å². The van der Waals surface area contributed by atoms with Gasteiger partial charge in [-0.25, -0.2) is 9.59 Å². The van der Waals surface area contributed by atoms with Gasteiger partial charge in [0.1, 0.15) is 42.8 Å². The summed E-state index contributed by atoms with van der Waals surface area (Å²) >= 11 is 0. The highest BCUT2D eigenvalue weighted by Gasteiger charge is 2.36. The summed E-state index contributed by atoms with van der Waals surface area (Å²) in [6, 6.07) is 9.06. The van der Waals surface area contributed by atoms with E-state index in [4.69, 9.17) is 33.2 Å². The SMILES string of the molecule is CCCCCC(=O)OCC(CO)(COC(=O)c1cc(OC)cc(OC)c1)COC(=O)c1cc(OC)cc(OC)c1. The third-order valence-corrected chi connectivity index (χ3v) is 6.05. The van der Waals surface area contributed by atoms with Crippen LogP contribution in [0.5, 0.6) is 23.0 Å². The maximum absolute atomic E-state index is 12.9. The molecule has 0 heterocycles. The number of aliphatic hydroxyl groups is 1. The summed E-state index contributed by atoms with van der Waals surface area (Å²) in [5.74, 6) is -0.446. The molecule has 0 spiro atoms. The molecule has 2 aromatic carbocycles. The van der Waals surface area contributed by atoms with Crippen molar-refractivity contribution in [2.75, 3.05) is 54.9 Å². The number of carbonyl (C=O) groups excluding carboxylic acids is 3. The molecule has 2 rings (SSSR count). The van der Waals surface area contributed by atoms with Gasteiger partial charge in [-0.05, 0) is 30.7 Å². The summed E-state index contributed by atoms with van der Waals surface area (Å²) in [4.78, 5) is 38.1. The second kappa shape index (κ2) is 16.2. The summed E-state index contributed by atoms with van der Waals surface area (Å²) in [5.41, 5.74) is -1.15. The van der Waals surface area contributed by atoms with Crippen LogP contribution in [0, 0.1) is 5.41 Å². The predicted molar refractivity (Wildman–Crippen MR) is 144 cm³/mol. The Morgan fingerprint density at radius 1 is 0.650 bits per heavy atom. The molecule has 2 aromatic rings. The van der Waals surface area contributed by atoms with Gasteiger partial charge in [0, 0.05) is 18.6 Å². The number of hydrogen-bond acceptors (Lipinski definition) is 11. The molecule has 0 aliphatic rings. The Labute approximate surface area is 234 Å². The molecule has 0 atom stereocenters. The summed E-state index contributed by atoms with van der Waals surface area (Å²) in [5, 5.41) is 10.3. The molecule has 11 heteroatoms. The van der Waals surface area contributed by atoms with Crippen LogP contribution in [-0.4, -0.2) is 77.9 Å². The number of unbranched alkanes of at least 4 members (excludes halogenated alkanes) is 2. The van der Waals surface area contributed by atoms with E-state index in [2.05, 4.69) is 0 Å². The number of rotatable bonds is 17. The van der Waals surface area contributed by atoms with Gasteiger partial charge in [-0.15, -0.1) is 0 Å². The van der Waals surface area contributed by atoms with Gasteiger partial charge in [0.2, 0.25) is 0 Å². The van der Waals surface area contributed by atoms with Crippen molar-refractivity contribution in [3.05, 3.63) is 47.5 Å². The Balaban J connectivity index is 2.22. The number of hydrogen-bond donors (Lipinski definition) is 1. The van der Waals surface area contributed by atoms with Crippen LogP contribution in [0.25, 0.3) is 0 Å². The zero-order valence-electron chi connectivity index (χ0n) is 23.7. The van der Waals surface area contributed by atoms with Crippen molar-refractivity contribution >= 4 is 17.9 Å². The van der Waals surface area contributed by atoms with Crippen molar-refractivity contribution in [2.45, 2.75) is 32.6 Å². The molecule has 11 nitrogen and oxygen atoms in total. The maximum Gasteiger partial charge on any atom is 0.338 e. The van der Waals surface area contributed by atoms with Crippen molar-refractivity contribution in [1.82, 2.24) is 0 Å². The number of ether oxygens (including phenoxy) is 7. The van der Waals surface area contributed by atoms with Gasteiger partial charge in [0.05, 0.1) is 51.6 Å². The van der Waals surface area contributed by atoms with E-state index >= 15 is 0 Å². The minimum atomic E-state index is -1.43. The highest BCUT2D eigenvalue weighted by Crippen LogP contribution is 2.27. The minimum Gasteiger partial charge on any atom is -0.497 e. The first-order valence-corrected chi connectivity index (χ1v) is 12.8. The van der Waals surface area contributed by atoms with Crippen LogP contribution in [0.15, 0.2) is 36.4 Å². The second-order valence-corrected chi connectivity index (χ2v) is 9.13. The van der Waals surface area contributed by atoms with Gasteiger partial charge in [-0.1, -0.05) is 19.8 Å². The highest BCUT2D eigenvalue weighted by atomic mass is 16.6. The fourth-order valence-corrected chi connectivity index (χ4v) is 3.54. The number of esters is 3. The molecule has 0 saturated carbocycles. The Kier molecular flexibility index (Phi) is 13.0. The summed E-state index contributed by atoms with van der Waals surface area (Å²) < 4.78 is 37.2. The number of benzene rings is 2. The molecular formula is C29H38O11. The van der Waals surface area contributed by atoms with Gasteiger partial charge in [-0.2, -0.15) is 0 Å². The fourth-order valence-electron chi connectivity index (χ4n) is 3.54. The lowest BCUT2D eigenvalue weighted by molar-refractivity contribution is -0.151. The van der Waals surface area contributed by atoms with E-state index in [0.29, 0.717) is 29.4 Å². The van der Waals surface area contributed by atoms with Gasteiger partial charge < -0.3 is 38.3 Å². The molecule has 0 amide bonds. The molecule has 0 unspecified atom stereocenters. The molecular weight excluding hydrogens is 524 g/mol. The van der Waals surface area contributed by atoms with E-state index in [1.54, 1.807) is 12.1 Å². The molecule has 1 N–H and O–H groups in total. The first-order valence-electron chi connectivity index (χ1n) is 12.8. The average molecular weight is 563 g/mol. The molecule has 0 saturated heterocycles. The van der Waals surface area contributed by atoms with E-state index in [9.17, 15) is 19.5 Å². The van der Waals surface area contributed by atoms with E-state index in [0.717, 1.165) is 12.8 Å². The van der Waals surface area contributed by atoms with Crippen molar-refractivity contribution in [3.63, 3.8) is 0 Å². The third kappa shape index (κ3) is 9.64. The molecule has 0 aliphatic heterocycles. The monoisotopic (exact) mass is 562 g/mol. The third-order valence-electron chi connectivity index (χ3n) is 6.05. The van der Waals surface area contributed by atoms with Crippen LogP contribution in [0.2, 0.25) is 0 Å². The lowest BCUT2D eigenvalue weighted by Crippen LogP contribution is -2.42. The largest absolute Gasteiger partial charge is 0.497 e. The van der Waals surface area contributed by atoms with Crippen LogP contribution in [0.1, 0.15) is 53.3 Å². The highest BCUT2D eigenvalue weighted by molar-refractivity contribution is 5.91. The first kappa shape index (κ1) is 32.2. The van der Waals surface area contributed by atoms with Crippen LogP contribution in [0.4, 0.5) is 0 Å². The Morgan fingerprint density at radius 2 is 1.05 bits per heavy atom. The first-order chi connectivity index (χ1) is 19.2. The normalized spacial score (nSPS) is 10.8. The Bertz CT molecular complexity index is 1010. The van der Waals surface area contributed by atoms with Gasteiger partial charge >= 0.3 is 17.9 Å². The van der Waals surface area contributed by atoms with Crippen molar-refractivity contribution in [3.8, 4) is 23.0 Å². The topological polar surface area (TPSA) is 136 Å². The van der Waals surface area contributed by atoms with Crippen molar-refractivity contribution in [2.24, 2.45) is 5.41 Å². The average Bonchev–Trinajstić information content (AvgIpc) is 2.99. The molecule has 0 aliphatic carbocycles. The quantitative estimate of drug-likeness (QED) is 0.171. The molecule has 220 valence electrons. The Hall–Kier alpha value is -3.99. The summed E-state index contributed by atoms with van der Waals surface area (Å²) in [6.07, 6.45) is 2.65. The lowest BCUT2D eigenvalue weighted by atomic mass is 9.92. The van der Waals surface area contributed by atoms with Crippen LogP contribution < -0.4 is 18.9 Å². The zero-order valence-corrected chi connectivity index (χ0v) is 23.7. The van der Waals surface area contributed by atoms with Crippen LogP contribution in [-0.2, 0) is 19.0 Å². The maximum atomic E-state index is 12.9. The van der Waals surface area contributed by atoms with Gasteiger partial charge in [0.25, 0.3) is 0 Å². The van der Waals surface area contributed by atoms with Crippen LogP contribution >= 0.6 is 0 Å². The zero-order chi connectivity index (χ0) is 29.5. The number of carbonyl (C=O) groups is 3. The fraction of sp³-hybridized carbons (Fsp3) is 0.483. The van der Waals surface area contributed by atoms with Gasteiger partial charge in [-0.3, -0.25) is 4.79 Å². The van der Waals surface area contributed by atoms with Gasteiger partial charge in [0.15, 0.2) is 0 Å². The molecule has 0 radical (unpaired) electrons.